The van der Waals surface area contributed by atoms with Gasteiger partial charge in [0, 0.05) is 17.8 Å². The van der Waals surface area contributed by atoms with E-state index in [1.54, 1.807) is 40.2 Å². The molecule has 0 fully saturated rings. The van der Waals surface area contributed by atoms with Crippen molar-refractivity contribution in [1.82, 2.24) is 15.1 Å². The fourth-order valence-corrected chi connectivity index (χ4v) is 3.63. The van der Waals surface area contributed by atoms with Crippen LogP contribution < -0.4 is 14.8 Å². The molecule has 0 radical (unpaired) electrons. The Kier molecular flexibility index (Phi) is 7.30. The van der Waals surface area contributed by atoms with Gasteiger partial charge in [0.25, 0.3) is 0 Å². The highest BCUT2D eigenvalue weighted by molar-refractivity contribution is 5.79. The fraction of sp³-hybridized carbons (Fsp3) is 0.333. The molecule has 0 atom stereocenters. The van der Waals surface area contributed by atoms with E-state index in [2.05, 4.69) is 10.4 Å². The van der Waals surface area contributed by atoms with Crippen LogP contribution in [0.2, 0.25) is 0 Å². The highest BCUT2D eigenvalue weighted by Gasteiger charge is 2.30. The zero-order valence-corrected chi connectivity index (χ0v) is 18.9. The van der Waals surface area contributed by atoms with Crippen molar-refractivity contribution in [2.45, 2.75) is 32.9 Å². The number of ether oxygens (including phenoxy) is 2. The molecule has 9 heteroatoms. The number of nitrogens with zero attached hydrogens (tertiary/aromatic N) is 2. The van der Waals surface area contributed by atoms with E-state index in [9.17, 15) is 18.0 Å². The lowest BCUT2D eigenvalue weighted by Gasteiger charge is -2.11. The Bertz CT molecular complexity index is 1140. The van der Waals surface area contributed by atoms with Crippen LogP contribution in [0, 0.1) is 13.8 Å². The van der Waals surface area contributed by atoms with Gasteiger partial charge in [-0.1, -0.05) is 6.07 Å². The summed E-state index contributed by atoms with van der Waals surface area (Å²) in [7, 11) is 3.16. The Morgan fingerprint density at radius 3 is 2.52 bits per heavy atom. The standard InChI is InChI=1S/C24H26F3N3O3/c1-15-21(16(2)30(29-15)19-7-5-6-18(13-19)24(25,26)27)14-23(31)28-11-10-17-12-20(32-3)8-9-22(17)33-4/h5-9,12-13H,10-11,14H2,1-4H3,(H,28,31). The monoisotopic (exact) mass is 461 g/mol. The third kappa shape index (κ3) is 5.66. The first-order valence-electron chi connectivity index (χ1n) is 10.3. The summed E-state index contributed by atoms with van der Waals surface area (Å²) in [5.41, 5.74) is 2.35. The molecule has 0 bridgehead atoms. The summed E-state index contributed by atoms with van der Waals surface area (Å²) in [5, 5.41) is 7.24. The van der Waals surface area contributed by atoms with Crippen molar-refractivity contribution < 1.29 is 27.4 Å². The normalized spacial score (nSPS) is 11.4. The number of methoxy groups -OCH3 is 2. The highest BCUT2D eigenvalue weighted by Crippen LogP contribution is 2.31. The van der Waals surface area contributed by atoms with Crippen LogP contribution in [0.3, 0.4) is 0 Å². The maximum absolute atomic E-state index is 13.1. The number of benzene rings is 2. The molecule has 3 rings (SSSR count). The van der Waals surface area contributed by atoms with Crippen molar-refractivity contribution in [3.63, 3.8) is 0 Å². The number of rotatable bonds is 8. The van der Waals surface area contributed by atoms with Crippen molar-refractivity contribution in [2.75, 3.05) is 20.8 Å². The maximum Gasteiger partial charge on any atom is 0.416 e. The molecular formula is C24H26F3N3O3. The van der Waals surface area contributed by atoms with Gasteiger partial charge >= 0.3 is 6.18 Å². The number of nitrogens with one attached hydrogen (secondary N) is 1. The van der Waals surface area contributed by atoms with Crippen LogP contribution in [0.4, 0.5) is 13.2 Å². The number of alkyl halides is 3. The van der Waals surface area contributed by atoms with Gasteiger partial charge in [-0.3, -0.25) is 4.79 Å². The second-order valence-corrected chi connectivity index (χ2v) is 7.56. The Hall–Kier alpha value is -3.49. The minimum atomic E-state index is -4.44. The summed E-state index contributed by atoms with van der Waals surface area (Å²) in [5.74, 6) is 1.20. The second-order valence-electron chi connectivity index (χ2n) is 7.56. The molecule has 33 heavy (non-hydrogen) atoms. The Morgan fingerprint density at radius 2 is 1.85 bits per heavy atom. The average Bonchev–Trinajstić information content (AvgIpc) is 3.06. The summed E-state index contributed by atoms with van der Waals surface area (Å²) in [6.07, 6.45) is -3.82. The van der Waals surface area contributed by atoms with Crippen LogP contribution in [0.15, 0.2) is 42.5 Å². The predicted octanol–water partition coefficient (Wildman–Crippen LogP) is 4.43. The van der Waals surface area contributed by atoms with E-state index in [0.29, 0.717) is 47.1 Å². The molecule has 2 aromatic carbocycles. The molecule has 0 aliphatic rings. The molecule has 1 amide bonds. The summed E-state index contributed by atoms with van der Waals surface area (Å²) >= 11 is 0. The predicted molar refractivity (Wildman–Crippen MR) is 118 cm³/mol. The number of hydrogen-bond acceptors (Lipinski definition) is 4. The first-order valence-corrected chi connectivity index (χ1v) is 10.3. The smallest absolute Gasteiger partial charge is 0.416 e. The van der Waals surface area contributed by atoms with Gasteiger partial charge in [-0.15, -0.1) is 0 Å². The van der Waals surface area contributed by atoms with Gasteiger partial charge in [0.2, 0.25) is 5.91 Å². The number of amides is 1. The Balaban J connectivity index is 1.69. The molecule has 0 spiro atoms. The summed E-state index contributed by atoms with van der Waals surface area (Å²) in [6, 6.07) is 10.4. The van der Waals surface area contributed by atoms with Crippen LogP contribution in [-0.2, 0) is 23.8 Å². The van der Waals surface area contributed by atoms with E-state index in [1.165, 1.54) is 10.7 Å². The van der Waals surface area contributed by atoms with Crippen LogP contribution in [0.25, 0.3) is 5.69 Å². The average molecular weight is 461 g/mol. The Labute approximate surface area is 190 Å². The first kappa shape index (κ1) is 24.2. The van der Waals surface area contributed by atoms with Crippen LogP contribution in [-0.4, -0.2) is 36.5 Å². The maximum atomic E-state index is 13.1. The van der Waals surface area contributed by atoms with Crippen molar-refractivity contribution >= 4 is 5.91 Å². The quantitative estimate of drug-likeness (QED) is 0.539. The van der Waals surface area contributed by atoms with Gasteiger partial charge in [-0.2, -0.15) is 18.3 Å². The molecule has 0 aliphatic carbocycles. The van der Waals surface area contributed by atoms with Gasteiger partial charge < -0.3 is 14.8 Å². The number of carbonyl (C=O) groups is 1. The van der Waals surface area contributed by atoms with Crippen LogP contribution in [0.1, 0.15) is 28.1 Å². The number of aromatic nitrogens is 2. The molecule has 0 aliphatic heterocycles. The van der Waals surface area contributed by atoms with Gasteiger partial charge in [-0.05, 0) is 62.2 Å². The third-order valence-corrected chi connectivity index (χ3v) is 5.40. The van der Waals surface area contributed by atoms with Crippen molar-refractivity contribution in [2.24, 2.45) is 0 Å². The Morgan fingerprint density at radius 1 is 1.09 bits per heavy atom. The van der Waals surface area contributed by atoms with Gasteiger partial charge in [0.15, 0.2) is 0 Å². The van der Waals surface area contributed by atoms with E-state index in [-0.39, 0.29) is 12.3 Å². The van der Waals surface area contributed by atoms with Gasteiger partial charge in [0.1, 0.15) is 11.5 Å². The van der Waals surface area contributed by atoms with E-state index < -0.39 is 11.7 Å². The lowest BCUT2D eigenvalue weighted by Crippen LogP contribution is -2.27. The number of halogens is 3. The molecule has 1 N–H and O–H groups in total. The first-order chi connectivity index (χ1) is 15.6. The molecule has 3 aromatic rings. The summed E-state index contributed by atoms with van der Waals surface area (Å²) in [4.78, 5) is 12.6. The summed E-state index contributed by atoms with van der Waals surface area (Å²) < 4.78 is 51.3. The molecule has 0 saturated carbocycles. The minimum Gasteiger partial charge on any atom is -0.497 e. The molecule has 1 heterocycles. The number of hydrogen-bond donors (Lipinski definition) is 1. The summed E-state index contributed by atoms with van der Waals surface area (Å²) in [6.45, 7) is 3.87. The van der Waals surface area contributed by atoms with E-state index in [0.717, 1.165) is 17.7 Å². The largest absolute Gasteiger partial charge is 0.497 e. The van der Waals surface area contributed by atoms with Crippen molar-refractivity contribution in [3.05, 3.63) is 70.5 Å². The minimum absolute atomic E-state index is 0.0753. The van der Waals surface area contributed by atoms with Gasteiger partial charge in [-0.25, -0.2) is 4.68 Å². The van der Waals surface area contributed by atoms with Crippen LogP contribution in [0.5, 0.6) is 11.5 Å². The highest BCUT2D eigenvalue weighted by atomic mass is 19.4. The van der Waals surface area contributed by atoms with Gasteiger partial charge in [0.05, 0.1) is 37.6 Å². The lowest BCUT2D eigenvalue weighted by molar-refractivity contribution is -0.137. The zero-order chi connectivity index (χ0) is 24.2. The lowest BCUT2D eigenvalue weighted by atomic mass is 10.1. The van der Waals surface area contributed by atoms with Crippen LogP contribution >= 0.6 is 0 Å². The fourth-order valence-electron chi connectivity index (χ4n) is 3.63. The second kappa shape index (κ2) is 9.97. The molecule has 0 unspecified atom stereocenters. The molecule has 6 nitrogen and oxygen atoms in total. The third-order valence-electron chi connectivity index (χ3n) is 5.40. The van der Waals surface area contributed by atoms with E-state index in [1.807, 2.05) is 12.1 Å². The molecular weight excluding hydrogens is 435 g/mol. The SMILES string of the molecule is COc1ccc(OC)c(CCNC(=O)Cc2c(C)nn(-c3cccc(C(F)(F)F)c3)c2C)c1. The number of carbonyl (C=O) groups excluding carboxylic acids is 1. The van der Waals surface area contributed by atoms with E-state index in [4.69, 9.17) is 9.47 Å². The van der Waals surface area contributed by atoms with E-state index >= 15 is 0 Å². The zero-order valence-electron chi connectivity index (χ0n) is 18.9. The molecule has 0 saturated heterocycles. The molecule has 1 aromatic heterocycles. The van der Waals surface area contributed by atoms with Crippen molar-refractivity contribution in [1.29, 1.82) is 0 Å². The van der Waals surface area contributed by atoms with Crippen molar-refractivity contribution in [3.8, 4) is 17.2 Å². The topological polar surface area (TPSA) is 65.4 Å². The number of aryl methyl sites for hydroxylation is 1. The molecule has 176 valence electrons.